The zero-order chi connectivity index (χ0) is 11.1. The fourth-order valence-corrected chi connectivity index (χ4v) is 1.17. The zero-order valence-electron chi connectivity index (χ0n) is 8.86. The Hall–Kier alpha value is -1.35. The van der Waals surface area contributed by atoms with Crippen LogP contribution in [-0.4, -0.2) is 12.6 Å². The number of ether oxygens (including phenoxy) is 1. The minimum atomic E-state index is -1.14. The predicted octanol–water partition coefficient (Wildman–Crippen LogP) is 1.37. The van der Waals surface area contributed by atoms with Gasteiger partial charge in [0.15, 0.2) is 0 Å². The predicted molar refractivity (Wildman–Crippen MR) is 55.3 cm³/mol. The topological polar surface area (TPSA) is 49.4 Å². The summed E-state index contributed by atoms with van der Waals surface area (Å²) >= 11 is 0. The molecular formula is C12H15O3-. The molecule has 1 aromatic rings. The van der Waals surface area contributed by atoms with E-state index >= 15 is 0 Å². The first-order chi connectivity index (χ1) is 7.24. The number of carboxylic acids is 1. The number of rotatable bonds is 6. The van der Waals surface area contributed by atoms with Crippen LogP contribution in [0.3, 0.4) is 0 Å². The summed E-state index contributed by atoms with van der Waals surface area (Å²) in [5.74, 6) is -1.14. The smallest absolute Gasteiger partial charge is 0.0716 e. The van der Waals surface area contributed by atoms with Crippen LogP contribution < -0.4 is 5.11 Å². The van der Waals surface area contributed by atoms with Gasteiger partial charge in [-0.25, -0.2) is 0 Å². The molecule has 15 heavy (non-hydrogen) atoms. The molecule has 0 heterocycles. The standard InChI is InChI=1S/C12H16O3/c1-2-3-8-15-9-10-4-6-11(7-5-10)12(13)14/h4-7H,2-3,8-9H2,1H3,(H,13,14)/p-1. The fraction of sp³-hybridized carbons (Fsp3) is 0.417. The Balaban J connectivity index is 2.39. The Bertz CT molecular complexity index is 303. The van der Waals surface area contributed by atoms with Gasteiger partial charge < -0.3 is 14.6 Å². The van der Waals surface area contributed by atoms with Gasteiger partial charge in [0.1, 0.15) is 0 Å². The molecule has 0 aliphatic rings. The van der Waals surface area contributed by atoms with Crippen LogP contribution in [0.4, 0.5) is 0 Å². The van der Waals surface area contributed by atoms with Crippen molar-refractivity contribution < 1.29 is 14.6 Å². The molecule has 0 aromatic heterocycles. The van der Waals surface area contributed by atoms with Crippen LogP contribution in [0.5, 0.6) is 0 Å². The van der Waals surface area contributed by atoms with Crippen LogP contribution in [0.1, 0.15) is 35.7 Å². The number of carbonyl (C=O) groups excluding carboxylic acids is 1. The second-order valence-electron chi connectivity index (χ2n) is 3.39. The highest BCUT2D eigenvalue weighted by Crippen LogP contribution is 2.05. The normalized spacial score (nSPS) is 10.2. The quantitative estimate of drug-likeness (QED) is 0.662. The van der Waals surface area contributed by atoms with Crippen molar-refractivity contribution in [2.75, 3.05) is 6.61 Å². The Morgan fingerprint density at radius 1 is 1.33 bits per heavy atom. The first-order valence-electron chi connectivity index (χ1n) is 5.12. The summed E-state index contributed by atoms with van der Waals surface area (Å²) in [7, 11) is 0. The molecule has 0 saturated heterocycles. The highest BCUT2D eigenvalue weighted by molar-refractivity contribution is 5.85. The maximum absolute atomic E-state index is 10.5. The number of hydrogen-bond acceptors (Lipinski definition) is 3. The molecule has 0 amide bonds. The summed E-state index contributed by atoms with van der Waals surface area (Å²) in [6, 6.07) is 6.57. The van der Waals surface area contributed by atoms with Crippen LogP contribution >= 0.6 is 0 Å². The molecule has 0 unspecified atom stereocenters. The molecule has 3 heteroatoms. The van der Waals surface area contributed by atoms with Gasteiger partial charge in [0.05, 0.1) is 12.6 Å². The lowest BCUT2D eigenvalue weighted by Crippen LogP contribution is -2.22. The van der Waals surface area contributed by atoms with Gasteiger partial charge in [-0.15, -0.1) is 0 Å². The largest absolute Gasteiger partial charge is 0.545 e. The lowest BCUT2D eigenvalue weighted by Gasteiger charge is -2.05. The van der Waals surface area contributed by atoms with Crippen LogP contribution in [0.25, 0.3) is 0 Å². The van der Waals surface area contributed by atoms with E-state index in [2.05, 4.69) is 6.92 Å². The van der Waals surface area contributed by atoms with E-state index in [-0.39, 0.29) is 5.56 Å². The Kier molecular flexibility index (Phi) is 4.84. The van der Waals surface area contributed by atoms with Gasteiger partial charge >= 0.3 is 0 Å². The minimum Gasteiger partial charge on any atom is -0.545 e. The summed E-state index contributed by atoms with van der Waals surface area (Å²) in [5.41, 5.74) is 1.18. The van der Waals surface area contributed by atoms with Crippen molar-refractivity contribution in [2.24, 2.45) is 0 Å². The van der Waals surface area contributed by atoms with Gasteiger partial charge in [-0.05, 0) is 17.5 Å². The van der Waals surface area contributed by atoms with Crippen LogP contribution in [0.15, 0.2) is 24.3 Å². The number of carbonyl (C=O) groups is 1. The second kappa shape index (κ2) is 6.19. The SMILES string of the molecule is CCCCOCc1ccc(C(=O)[O-])cc1. The average molecular weight is 207 g/mol. The molecule has 0 radical (unpaired) electrons. The summed E-state index contributed by atoms with van der Waals surface area (Å²) in [6.45, 7) is 3.39. The molecule has 0 aliphatic carbocycles. The van der Waals surface area contributed by atoms with E-state index < -0.39 is 5.97 Å². The van der Waals surface area contributed by atoms with E-state index in [0.717, 1.165) is 25.0 Å². The van der Waals surface area contributed by atoms with E-state index in [4.69, 9.17) is 4.74 Å². The molecule has 0 N–H and O–H groups in total. The van der Waals surface area contributed by atoms with Crippen molar-refractivity contribution in [3.8, 4) is 0 Å². The summed E-state index contributed by atoms with van der Waals surface area (Å²) in [5, 5.41) is 10.5. The van der Waals surface area contributed by atoms with Crippen molar-refractivity contribution in [1.29, 1.82) is 0 Å². The van der Waals surface area contributed by atoms with Crippen LogP contribution in [0, 0.1) is 0 Å². The van der Waals surface area contributed by atoms with Crippen molar-refractivity contribution >= 4 is 5.97 Å². The molecule has 1 rings (SSSR count). The van der Waals surface area contributed by atoms with Gasteiger partial charge in [0, 0.05) is 6.61 Å². The monoisotopic (exact) mass is 207 g/mol. The van der Waals surface area contributed by atoms with Gasteiger partial charge in [-0.3, -0.25) is 0 Å². The van der Waals surface area contributed by atoms with Gasteiger partial charge in [-0.2, -0.15) is 0 Å². The molecule has 3 nitrogen and oxygen atoms in total. The number of benzene rings is 1. The third-order valence-electron chi connectivity index (χ3n) is 2.10. The number of unbranched alkanes of at least 4 members (excludes halogenated alkanes) is 1. The second-order valence-corrected chi connectivity index (χ2v) is 3.39. The first-order valence-corrected chi connectivity index (χ1v) is 5.12. The molecule has 1 aromatic carbocycles. The first kappa shape index (κ1) is 11.7. The molecule has 0 spiro atoms. The summed E-state index contributed by atoms with van der Waals surface area (Å²) in [6.07, 6.45) is 2.17. The van der Waals surface area contributed by atoms with Crippen molar-refractivity contribution in [3.63, 3.8) is 0 Å². The third-order valence-corrected chi connectivity index (χ3v) is 2.10. The van der Waals surface area contributed by atoms with Gasteiger partial charge in [0.25, 0.3) is 0 Å². The molecule has 0 atom stereocenters. The molecular weight excluding hydrogens is 192 g/mol. The Labute approximate surface area is 89.7 Å². The van der Waals surface area contributed by atoms with Gasteiger partial charge in [0.2, 0.25) is 0 Å². The van der Waals surface area contributed by atoms with E-state index in [1.807, 2.05) is 0 Å². The van der Waals surface area contributed by atoms with E-state index in [1.165, 1.54) is 12.1 Å². The zero-order valence-corrected chi connectivity index (χ0v) is 8.86. The third kappa shape index (κ3) is 4.13. The van der Waals surface area contributed by atoms with E-state index in [9.17, 15) is 9.90 Å². The lowest BCUT2D eigenvalue weighted by atomic mass is 10.1. The van der Waals surface area contributed by atoms with Crippen molar-refractivity contribution in [2.45, 2.75) is 26.4 Å². The van der Waals surface area contributed by atoms with Gasteiger partial charge in [-0.1, -0.05) is 37.6 Å². The average Bonchev–Trinajstić information content (AvgIpc) is 2.25. The molecule has 82 valence electrons. The number of hydrogen-bond donors (Lipinski definition) is 0. The van der Waals surface area contributed by atoms with Crippen molar-refractivity contribution in [3.05, 3.63) is 35.4 Å². The fourth-order valence-electron chi connectivity index (χ4n) is 1.17. The maximum atomic E-state index is 10.5. The molecule has 0 saturated carbocycles. The maximum Gasteiger partial charge on any atom is 0.0716 e. The number of aromatic carboxylic acids is 1. The number of carboxylic acid groups (broad SMARTS) is 1. The summed E-state index contributed by atoms with van der Waals surface area (Å²) < 4.78 is 5.40. The lowest BCUT2D eigenvalue weighted by molar-refractivity contribution is -0.255. The Morgan fingerprint density at radius 2 is 2.00 bits per heavy atom. The highest BCUT2D eigenvalue weighted by atomic mass is 16.5. The van der Waals surface area contributed by atoms with Crippen LogP contribution in [0.2, 0.25) is 0 Å². The Morgan fingerprint density at radius 3 is 2.53 bits per heavy atom. The van der Waals surface area contributed by atoms with Crippen LogP contribution in [-0.2, 0) is 11.3 Å². The molecule has 0 fully saturated rings. The molecule has 0 aliphatic heterocycles. The van der Waals surface area contributed by atoms with Crippen molar-refractivity contribution in [1.82, 2.24) is 0 Å². The highest BCUT2D eigenvalue weighted by Gasteiger charge is 1.95. The molecule has 0 bridgehead atoms. The summed E-state index contributed by atoms with van der Waals surface area (Å²) in [4.78, 5) is 10.5. The van der Waals surface area contributed by atoms with E-state index in [0.29, 0.717) is 6.61 Å². The minimum absolute atomic E-state index is 0.201. The van der Waals surface area contributed by atoms with E-state index in [1.54, 1.807) is 12.1 Å².